The minimum absolute atomic E-state index is 0.0545. The van der Waals surface area contributed by atoms with Crippen molar-refractivity contribution < 1.29 is 51.5 Å². The molecule has 2 aliphatic rings. The van der Waals surface area contributed by atoms with E-state index in [1.54, 1.807) is 28.4 Å². The third-order valence-corrected chi connectivity index (χ3v) is 7.15. The van der Waals surface area contributed by atoms with E-state index in [0.717, 1.165) is 0 Å². The van der Waals surface area contributed by atoms with Crippen LogP contribution in [0.3, 0.4) is 0 Å². The quantitative estimate of drug-likeness (QED) is 0.183. The predicted octanol–water partition coefficient (Wildman–Crippen LogP) is 1.73. The molecular formula is C20H39O11PS. The molecule has 0 aromatic rings. The molecule has 0 amide bonds. The molecule has 2 heterocycles. The standard InChI is InChI=1S/C20H39O11PS/c1-13-17(26-9-7-22-3)19(25-6)16(30-13)12-28-32(21,33)31-20-15(11-24-5)29-14(2)18(20)27-10-8-23-4/h13-20H,7-12H2,1-6H3,(H,21,33)/t13-,14-,15+,16+,17-,18-,19+,20+,32?/m0/s1. The maximum Gasteiger partial charge on any atom is 0.386 e. The van der Waals surface area contributed by atoms with Gasteiger partial charge in [-0.3, -0.25) is 9.05 Å². The monoisotopic (exact) mass is 518 g/mol. The Hall–Kier alpha value is 0.180. The molecule has 2 rings (SSSR count). The summed E-state index contributed by atoms with van der Waals surface area (Å²) >= 11 is 4.19. The van der Waals surface area contributed by atoms with Gasteiger partial charge in [0.05, 0.1) is 51.8 Å². The molecule has 0 aromatic carbocycles. The molecule has 11 nitrogen and oxygen atoms in total. The number of rotatable bonds is 16. The highest BCUT2D eigenvalue weighted by Gasteiger charge is 2.48. The zero-order valence-corrected chi connectivity index (χ0v) is 22.0. The molecule has 13 heteroatoms. The average Bonchev–Trinajstić information content (AvgIpc) is 3.23. The minimum Gasteiger partial charge on any atom is -0.382 e. The molecule has 33 heavy (non-hydrogen) atoms. The van der Waals surface area contributed by atoms with Crippen LogP contribution in [0.25, 0.3) is 0 Å². The molecule has 0 spiro atoms. The van der Waals surface area contributed by atoms with Crippen LogP contribution < -0.4 is 0 Å². The summed E-state index contributed by atoms with van der Waals surface area (Å²) in [6.45, 7) is 1.71. The Bertz CT molecular complexity index is 600. The molecule has 1 unspecified atom stereocenters. The third kappa shape index (κ3) is 8.66. The second-order valence-electron chi connectivity index (χ2n) is 7.91. The van der Waals surface area contributed by atoms with E-state index in [1.807, 2.05) is 13.8 Å². The highest BCUT2D eigenvalue weighted by molar-refractivity contribution is 8.44. The SMILES string of the molecule is COCCO[C@@H]1[C@H](OC)[C@@H](COP(=O)(S)O[C@H]2[C@@H](OCCOC)[C@H](C)O[C@@H]2COC)O[C@H]1C. The summed E-state index contributed by atoms with van der Waals surface area (Å²) in [6, 6.07) is 0. The molecule has 0 bridgehead atoms. The normalized spacial score (nSPS) is 36.3. The van der Waals surface area contributed by atoms with E-state index < -0.39 is 37.3 Å². The van der Waals surface area contributed by atoms with Gasteiger partial charge >= 0.3 is 6.80 Å². The van der Waals surface area contributed by atoms with Crippen LogP contribution in [-0.2, 0) is 51.5 Å². The van der Waals surface area contributed by atoms with Crippen molar-refractivity contribution in [2.45, 2.75) is 62.7 Å². The summed E-state index contributed by atoms with van der Waals surface area (Å²) < 4.78 is 68.9. The van der Waals surface area contributed by atoms with E-state index >= 15 is 0 Å². The molecule has 0 N–H and O–H groups in total. The van der Waals surface area contributed by atoms with E-state index in [0.29, 0.717) is 26.4 Å². The molecule has 2 aliphatic heterocycles. The third-order valence-electron chi connectivity index (χ3n) is 5.54. The maximum absolute atomic E-state index is 13.1. The predicted molar refractivity (Wildman–Crippen MR) is 122 cm³/mol. The molecule has 0 aliphatic carbocycles. The lowest BCUT2D eigenvalue weighted by Gasteiger charge is -2.27. The summed E-state index contributed by atoms with van der Waals surface area (Å²) in [5.74, 6) is 0. The van der Waals surface area contributed by atoms with Gasteiger partial charge in [-0.25, -0.2) is 4.57 Å². The number of hydrogen-bond donors (Lipinski definition) is 1. The van der Waals surface area contributed by atoms with Gasteiger partial charge in [-0.1, -0.05) is 12.2 Å². The van der Waals surface area contributed by atoms with E-state index in [-0.39, 0.29) is 31.5 Å². The van der Waals surface area contributed by atoms with Gasteiger partial charge in [0.25, 0.3) is 0 Å². The fourth-order valence-corrected chi connectivity index (χ4v) is 5.50. The molecule has 0 radical (unpaired) electrons. The van der Waals surface area contributed by atoms with Gasteiger partial charge in [0.2, 0.25) is 0 Å². The van der Waals surface area contributed by atoms with Gasteiger partial charge < -0.3 is 37.9 Å². The first-order valence-corrected chi connectivity index (χ1v) is 13.7. The maximum atomic E-state index is 13.1. The smallest absolute Gasteiger partial charge is 0.382 e. The topological polar surface area (TPSA) is 109 Å². The van der Waals surface area contributed by atoms with Crippen LogP contribution >= 0.6 is 19.0 Å². The molecule has 2 saturated heterocycles. The lowest BCUT2D eigenvalue weighted by Crippen LogP contribution is -2.39. The van der Waals surface area contributed by atoms with Crippen LogP contribution in [0, 0.1) is 0 Å². The Labute approximate surface area is 201 Å². The van der Waals surface area contributed by atoms with Crippen LogP contribution in [0.5, 0.6) is 0 Å². The van der Waals surface area contributed by atoms with Gasteiger partial charge in [-0.15, -0.1) is 0 Å². The van der Waals surface area contributed by atoms with E-state index in [4.69, 9.17) is 46.9 Å². The first kappa shape index (κ1) is 29.4. The van der Waals surface area contributed by atoms with Crippen molar-refractivity contribution in [1.29, 1.82) is 0 Å². The molecule has 2 fully saturated rings. The number of hydrogen-bond acceptors (Lipinski definition) is 11. The molecule has 196 valence electrons. The van der Waals surface area contributed by atoms with Gasteiger partial charge in [-0.05, 0) is 13.8 Å². The second kappa shape index (κ2) is 14.7. The average molecular weight is 519 g/mol. The highest BCUT2D eigenvalue weighted by atomic mass is 32.7. The van der Waals surface area contributed by atoms with Crippen molar-refractivity contribution in [2.24, 2.45) is 0 Å². The van der Waals surface area contributed by atoms with Crippen LogP contribution in [-0.4, -0.2) is 117 Å². The van der Waals surface area contributed by atoms with Crippen molar-refractivity contribution >= 4 is 19.0 Å². The Balaban J connectivity index is 1.98. The molecule has 0 saturated carbocycles. The van der Waals surface area contributed by atoms with E-state index in [1.165, 1.54) is 0 Å². The summed E-state index contributed by atoms with van der Waals surface area (Å²) in [6.07, 6.45) is -3.46. The van der Waals surface area contributed by atoms with E-state index in [9.17, 15) is 4.57 Å². The van der Waals surface area contributed by atoms with Gasteiger partial charge in [-0.2, -0.15) is 0 Å². The fraction of sp³-hybridized carbons (Fsp3) is 1.00. The number of methoxy groups -OCH3 is 4. The Morgan fingerprint density at radius 3 is 1.73 bits per heavy atom. The van der Waals surface area contributed by atoms with Gasteiger partial charge in [0.15, 0.2) is 0 Å². The fourth-order valence-electron chi connectivity index (χ4n) is 4.01. The van der Waals surface area contributed by atoms with Crippen molar-refractivity contribution in [3.8, 4) is 0 Å². The first-order chi connectivity index (χ1) is 15.8. The number of thiol groups is 1. The van der Waals surface area contributed by atoms with Crippen molar-refractivity contribution in [2.75, 3.05) is 68.1 Å². The van der Waals surface area contributed by atoms with Crippen LogP contribution in [0.2, 0.25) is 0 Å². The number of ether oxygens (including phenoxy) is 8. The zero-order chi connectivity index (χ0) is 24.4. The van der Waals surface area contributed by atoms with Crippen LogP contribution in [0.4, 0.5) is 0 Å². The molecule has 0 aromatic heterocycles. The minimum atomic E-state index is -3.81. The second-order valence-corrected chi connectivity index (χ2v) is 10.8. The Morgan fingerprint density at radius 2 is 1.24 bits per heavy atom. The summed E-state index contributed by atoms with van der Waals surface area (Å²) in [7, 11) is 6.31. The van der Waals surface area contributed by atoms with Crippen molar-refractivity contribution in [1.82, 2.24) is 0 Å². The lowest BCUT2D eigenvalue weighted by atomic mass is 10.1. The highest BCUT2D eigenvalue weighted by Crippen LogP contribution is 2.56. The van der Waals surface area contributed by atoms with Gasteiger partial charge in [0, 0.05) is 28.4 Å². The molecule has 9 atom stereocenters. The van der Waals surface area contributed by atoms with E-state index in [2.05, 4.69) is 12.2 Å². The summed E-state index contributed by atoms with van der Waals surface area (Å²) in [5, 5.41) is 0. The summed E-state index contributed by atoms with van der Waals surface area (Å²) in [5.41, 5.74) is 0. The van der Waals surface area contributed by atoms with Crippen LogP contribution in [0.15, 0.2) is 0 Å². The Morgan fingerprint density at radius 1 is 0.727 bits per heavy atom. The molecular weight excluding hydrogens is 479 g/mol. The zero-order valence-electron chi connectivity index (χ0n) is 20.2. The first-order valence-electron chi connectivity index (χ1n) is 11.0. The lowest BCUT2D eigenvalue weighted by molar-refractivity contribution is -0.0632. The Kier molecular flexibility index (Phi) is 13.1. The van der Waals surface area contributed by atoms with Crippen LogP contribution in [0.1, 0.15) is 13.8 Å². The van der Waals surface area contributed by atoms with Crippen molar-refractivity contribution in [3.63, 3.8) is 0 Å². The van der Waals surface area contributed by atoms with Crippen molar-refractivity contribution in [3.05, 3.63) is 0 Å². The summed E-state index contributed by atoms with van der Waals surface area (Å²) in [4.78, 5) is 0. The largest absolute Gasteiger partial charge is 0.386 e. The van der Waals surface area contributed by atoms with Gasteiger partial charge in [0.1, 0.15) is 36.6 Å².